The highest BCUT2D eigenvalue weighted by Crippen LogP contribution is 2.32. The summed E-state index contributed by atoms with van der Waals surface area (Å²) >= 11 is 2.29. The fraction of sp³-hybridized carbons (Fsp3) is 0.722. The number of rotatable bonds is 7. The molecule has 0 aromatic heterocycles. The first-order valence-corrected chi connectivity index (χ1v) is 9.91. The van der Waals surface area contributed by atoms with Crippen LogP contribution in [-0.2, 0) is 14.3 Å². The van der Waals surface area contributed by atoms with Crippen LogP contribution in [0.4, 0.5) is 0 Å². The highest BCUT2D eigenvalue weighted by atomic mass is 127. The topological polar surface area (TPSA) is 35.5 Å². The Bertz CT molecular complexity index is 459. The van der Waals surface area contributed by atoms with E-state index in [1.54, 1.807) is 0 Å². The Labute approximate surface area is 154 Å². The van der Waals surface area contributed by atoms with E-state index in [-0.39, 0.29) is 18.1 Å². The molecular formula is C18H27BIO3. The van der Waals surface area contributed by atoms with Crippen LogP contribution in [0.3, 0.4) is 0 Å². The molecule has 0 bridgehead atoms. The van der Waals surface area contributed by atoms with E-state index < -0.39 is 0 Å². The van der Waals surface area contributed by atoms with Crippen LogP contribution < -0.4 is 0 Å². The van der Waals surface area contributed by atoms with E-state index >= 15 is 0 Å². The molecule has 0 aromatic carbocycles. The third-order valence-corrected chi connectivity index (χ3v) is 5.13. The Hall–Kier alpha value is -0.455. The van der Waals surface area contributed by atoms with Crippen molar-refractivity contribution >= 4 is 35.8 Å². The predicted molar refractivity (Wildman–Crippen MR) is 103 cm³/mol. The minimum Gasteiger partial charge on any atom is -0.500 e. The SMILES string of the molecule is CCCCCC1[B]C(OC2=CC(OC(C)=O)CC(I)=C2)CCC1. The molecule has 1 saturated heterocycles. The minimum atomic E-state index is -0.239. The standard InChI is InChI=1S/C18H27BIO3/c1-3-4-5-7-14-8-6-9-18(19-14)23-17-11-15(20)10-16(12-17)22-13(2)21/h11-12,14,16,18H,3-10H2,1-2H3. The van der Waals surface area contributed by atoms with Crippen molar-refractivity contribution in [2.75, 3.05) is 0 Å². The molecule has 1 fully saturated rings. The van der Waals surface area contributed by atoms with Gasteiger partial charge < -0.3 is 9.47 Å². The van der Waals surface area contributed by atoms with E-state index in [1.807, 2.05) is 6.08 Å². The lowest BCUT2D eigenvalue weighted by atomic mass is 9.52. The van der Waals surface area contributed by atoms with Crippen LogP contribution in [0.1, 0.15) is 65.2 Å². The molecule has 0 amide bonds. The average molecular weight is 429 g/mol. The molecule has 3 atom stereocenters. The first-order valence-electron chi connectivity index (χ1n) is 8.83. The Morgan fingerprint density at radius 1 is 1.39 bits per heavy atom. The van der Waals surface area contributed by atoms with Crippen molar-refractivity contribution in [1.82, 2.24) is 0 Å². The van der Waals surface area contributed by atoms with Crippen LogP contribution in [0.5, 0.6) is 0 Å². The number of ether oxygens (including phenoxy) is 2. The van der Waals surface area contributed by atoms with E-state index in [4.69, 9.17) is 9.47 Å². The van der Waals surface area contributed by atoms with Crippen LogP contribution in [0.2, 0.25) is 5.82 Å². The van der Waals surface area contributed by atoms with Gasteiger partial charge in [-0.1, -0.05) is 51.3 Å². The van der Waals surface area contributed by atoms with Gasteiger partial charge in [-0.05, 0) is 44.7 Å². The van der Waals surface area contributed by atoms with Crippen molar-refractivity contribution in [3.8, 4) is 0 Å². The maximum Gasteiger partial charge on any atom is 0.303 e. The van der Waals surface area contributed by atoms with Gasteiger partial charge in [0, 0.05) is 13.3 Å². The van der Waals surface area contributed by atoms with Gasteiger partial charge in [0.25, 0.3) is 0 Å². The van der Waals surface area contributed by atoms with Crippen LogP contribution in [0.25, 0.3) is 0 Å². The average Bonchev–Trinajstić information content (AvgIpc) is 2.46. The fourth-order valence-electron chi connectivity index (χ4n) is 3.31. The summed E-state index contributed by atoms with van der Waals surface area (Å²) in [5, 5.41) is 0. The van der Waals surface area contributed by atoms with Crippen molar-refractivity contribution in [3.63, 3.8) is 0 Å². The van der Waals surface area contributed by atoms with Gasteiger partial charge in [0.1, 0.15) is 11.9 Å². The molecule has 0 saturated carbocycles. The lowest BCUT2D eigenvalue weighted by Gasteiger charge is -2.30. The lowest BCUT2D eigenvalue weighted by Crippen LogP contribution is -2.29. The number of carbonyl (C=O) groups excluding carboxylic acids is 1. The zero-order valence-corrected chi connectivity index (χ0v) is 16.4. The first kappa shape index (κ1) is 18.9. The second-order valence-corrected chi connectivity index (χ2v) is 7.93. The summed E-state index contributed by atoms with van der Waals surface area (Å²) in [7, 11) is 2.40. The molecule has 2 rings (SSSR count). The molecule has 2 aliphatic rings. The Balaban J connectivity index is 1.86. The van der Waals surface area contributed by atoms with Gasteiger partial charge in [-0.25, -0.2) is 0 Å². The van der Waals surface area contributed by atoms with Crippen LogP contribution in [0.15, 0.2) is 21.5 Å². The van der Waals surface area contributed by atoms with E-state index in [2.05, 4.69) is 42.9 Å². The van der Waals surface area contributed by atoms with Gasteiger partial charge in [0.05, 0.1) is 6.00 Å². The van der Waals surface area contributed by atoms with Gasteiger partial charge in [-0.3, -0.25) is 4.79 Å². The zero-order chi connectivity index (χ0) is 16.7. The van der Waals surface area contributed by atoms with E-state index in [1.165, 1.54) is 49.0 Å². The maximum atomic E-state index is 11.2. The van der Waals surface area contributed by atoms with Gasteiger partial charge in [0.15, 0.2) is 7.28 Å². The van der Waals surface area contributed by atoms with Crippen LogP contribution >= 0.6 is 22.6 Å². The number of allylic oxidation sites excluding steroid dienone is 1. The molecule has 0 spiro atoms. The predicted octanol–water partition coefficient (Wildman–Crippen LogP) is 5.12. The lowest BCUT2D eigenvalue weighted by molar-refractivity contribution is -0.144. The molecule has 0 N–H and O–H groups in total. The highest BCUT2D eigenvalue weighted by molar-refractivity contribution is 14.1. The van der Waals surface area contributed by atoms with Crippen molar-refractivity contribution in [1.29, 1.82) is 0 Å². The van der Waals surface area contributed by atoms with Gasteiger partial charge >= 0.3 is 5.97 Å². The molecular weight excluding hydrogens is 402 g/mol. The van der Waals surface area contributed by atoms with E-state index in [0.29, 0.717) is 5.82 Å². The highest BCUT2D eigenvalue weighted by Gasteiger charge is 2.26. The summed E-state index contributed by atoms with van der Waals surface area (Å²) < 4.78 is 12.7. The summed E-state index contributed by atoms with van der Waals surface area (Å²) in [5.41, 5.74) is 0. The van der Waals surface area contributed by atoms with E-state index in [0.717, 1.165) is 18.6 Å². The van der Waals surface area contributed by atoms with Crippen LogP contribution in [0, 0.1) is 0 Å². The van der Waals surface area contributed by atoms with Crippen molar-refractivity contribution in [3.05, 3.63) is 21.5 Å². The van der Waals surface area contributed by atoms with Crippen molar-refractivity contribution in [2.45, 2.75) is 83.1 Å². The largest absolute Gasteiger partial charge is 0.500 e. The van der Waals surface area contributed by atoms with Gasteiger partial charge in [-0.15, -0.1) is 0 Å². The molecule has 1 heterocycles. The van der Waals surface area contributed by atoms with Gasteiger partial charge in [0.2, 0.25) is 0 Å². The third kappa shape index (κ3) is 6.90. The van der Waals surface area contributed by atoms with Crippen LogP contribution in [-0.4, -0.2) is 25.4 Å². The molecule has 1 radical (unpaired) electrons. The van der Waals surface area contributed by atoms with Crippen molar-refractivity contribution < 1.29 is 14.3 Å². The Kier molecular flexibility index (Phi) is 8.00. The van der Waals surface area contributed by atoms with Crippen molar-refractivity contribution in [2.24, 2.45) is 0 Å². The number of carbonyl (C=O) groups is 1. The Morgan fingerprint density at radius 2 is 2.22 bits per heavy atom. The number of hydrogen-bond donors (Lipinski definition) is 0. The minimum absolute atomic E-state index is 0.191. The molecule has 3 unspecified atom stereocenters. The maximum absolute atomic E-state index is 11.2. The second-order valence-electron chi connectivity index (χ2n) is 6.55. The second kappa shape index (κ2) is 9.75. The fourth-order valence-corrected chi connectivity index (χ4v) is 4.05. The summed E-state index contributed by atoms with van der Waals surface area (Å²) in [5.74, 6) is 1.30. The van der Waals surface area contributed by atoms with Gasteiger partial charge in [-0.2, -0.15) is 0 Å². The van der Waals surface area contributed by atoms with E-state index in [9.17, 15) is 4.79 Å². The molecule has 3 nitrogen and oxygen atoms in total. The summed E-state index contributed by atoms with van der Waals surface area (Å²) in [6, 6.07) is 0.193. The quantitative estimate of drug-likeness (QED) is 0.244. The monoisotopic (exact) mass is 429 g/mol. The third-order valence-electron chi connectivity index (χ3n) is 4.38. The Morgan fingerprint density at radius 3 is 2.96 bits per heavy atom. The molecule has 5 heteroatoms. The summed E-state index contributed by atoms with van der Waals surface area (Å²) in [6.07, 6.45) is 13.4. The zero-order valence-electron chi connectivity index (χ0n) is 14.2. The summed E-state index contributed by atoms with van der Waals surface area (Å²) in [4.78, 5) is 11.2. The summed E-state index contributed by atoms with van der Waals surface area (Å²) in [6.45, 7) is 3.70. The molecule has 1 aliphatic heterocycles. The number of esters is 1. The normalized spacial score (nSPS) is 27.5. The molecule has 127 valence electrons. The molecule has 0 aromatic rings. The number of hydrogen-bond acceptors (Lipinski definition) is 3. The first-order chi connectivity index (χ1) is 11.1. The number of halogens is 1. The smallest absolute Gasteiger partial charge is 0.303 e. The molecule has 1 aliphatic carbocycles. The molecule has 23 heavy (non-hydrogen) atoms. The number of unbranched alkanes of at least 4 members (excludes halogenated alkanes) is 2.